The zero-order valence-corrected chi connectivity index (χ0v) is 9.06. The number of carboxylic acid groups (broad SMARTS) is 1. The van der Waals surface area contributed by atoms with Crippen molar-refractivity contribution in [3.05, 3.63) is 30.3 Å². The molecule has 0 aliphatic heterocycles. The summed E-state index contributed by atoms with van der Waals surface area (Å²) < 4.78 is 5.69. The van der Waals surface area contributed by atoms with Gasteiger partial charge in [0, 0.05) is 6.42 Å². The van der Waals surface area contributed by atoms with Crippen LogP contribution in [0.3, 0.4) is 0 Å². The number of carboxylic acids is 1. The lowest BCUT2D eigenvalue weighted by molar-refractivity contribution is -0.138. The molecule has 15 heavy (non-hydrogen) atoms. The van der Waals surface area contributed by atoms with Gasteiger partial charge in [0.1, 0.15) is 11.4 Å². The monoisotopic (exact) mass is 208 g/mol. The quantitative estimate of drug-likeness (QED) is 0.809. The van der Waals surface area contributed by atoms with Gasteiger partial charge in [-0.05, 0) is 32.4 Å². The summed E-state index contributed by atoms with van der Waals surface area (Å²) in [6.45, 7) is 3.78. The summed E-state index contributed by atoms with van der Waals surface area (Å²) in [5.41, 5.74) is -0.445. The smallest absolute Gasteiger partial charge is 0.303 e. The van der Waals surface area contributed by atoms with Crippen LogP contribution in [0.15, 0.2) is 30.3 Å². The van der Waals surface area contributed by atoms with E-state index in [2.05, 4.69) is 0 Å². The van der Waals surface area contributed by atoms with E-state index in [0.717, 1.165) is 5.75 Å². The van der Waals surface area contributed by atoms with Crippen LogP contribution in [-0.2, 0) is 4.79 Å². The highest BCUT2D eigenvalue weighted by atomic mass is 16.5. The van der Waals surface area contributed by atoms with E-state index < -0.39 is 11.6 Å². The highest BCUT2D eigenvalue weighted by Gasteiger charge is 2.20. The molecule has 0 spiro atoms. The third-order valence-electron chi connectivity index (χ3n) is 2.08. The second kappa shape index (κ2) is 4.82. The molecule has 0 saturated carbocycles. The molecule has 1 rings (SSSR count). The van der Waals surface area contributed by atoms with Crippen molar-refractivity contribution < 1.29 is 14.6 Å². The van der Waals surface area contributed by atoms with Gasteiger partial charge in [-0.3, -0.25) is 4.79 Å². The van der Waals surface area contributed by atoms with Gasteiger partial charge in [-0.15, -0.1) is 0 Å². The lowest BCUT2D eigenvalue weighted by Gasteiger charge is -2.25. The Kier molecular flexibility index (Phi) is 3.72. The number of benzene rings is 1. The van der Waals surface area contributed by atoms with Gasteiger partial charge in [-0.25, -0.2) is 0 Å². The second-order valence-corrected chi connectivity index (χ2v) is 4.07. The van der Waals surface area contributed by atoms with Crippen molar-refractivity contribution in [2.45, 2.75) is 32.3 Å². The molecule has 82 valence electrons. The first-order valence-corrected chi connectivity index (χ1v) is 4.95. The van der Waals surface area contributed by atoms with E-state index in [1.54, 1.807) is 0 Å². The molecule has 0 atom stereocenters. The first kappa shape index (κ1) is 11.6. The normalized spacial score (nSPS) is 11.1. The van der Waals surface area contributed by atoms with E-state index >= 15 is 0 Å². The Morgan fingerprint density at radius 1 is 1.33 bits per heavy atom. The van der Waals surface area contributed by atoms with Crippen LogP contribution in [-0.4, -0.2) is 16.7 Å². The predicted octanol–water partition coefficient (Wildman–Crippen LogP) is 2.71. The molecule has 0 amide bonds. The van der Waals surface area contributed by atoms with E-state index in [9.17, 15) is 4.79 Å². The predicted molar refractivity (Wildman–Crippen MR) is 58.0 cm³/mol. The van der Waals surface area contributed by atoms with Gasteiger partial charge in [0.25, 0.3) is 0 Å². The molecule has 0 aliphatic rings. The molecular formula is C12H16O3. The van der Waals surface area contributed by atoms with E-state index in [1.165, 1.54) is 0 Å². The summed E-state index contributed by atoms with van der Waals surface area (Å²) in [6, 6.07) is 9.42. The van der Waals surface area contributed by atoms with E-state index in [1.807, 2.05) is 44.2 Å². The number of aliphatic carboxylic acids is 1. The molecule has 0 aromatic heterocycles. The Morgan fingerprint density at radius 3 is 2.47 bits per heavy atom. The maximum Gasteiger partial charge on any atom is 0.303 e. The fourth-order valence-electron chi connectivity index (χ4n) is 1.27. The molecule has 1 N–H and O–H groups in total. The minimum absolute atomic E-state index is 0.125. The van der Waals surface area contributed by atoms with Crippen molar-refractivity contribution in [1.82, 2.24) is 0 Å². The van der Waals surface area contributed by atoms with Gasteiger partial charge in [0.2, 0.25) is 0 Å². The molecule has 0 aliphatic carbocycles. The number of ether oxygens (including phenoxy) is 1. The molecule has 0 bridgehead atoms. The first-order valence-electron chi connectivity index (χ1n) is 4.95. The van der Waals surface area contributed by atoms with Crippen LogP contribution in [0.2, 0.25) is 0 Å². The Labute approximate surface area is 89.7 Å². The van der Waals surface area contributed by atoms with Crippen molar-refractivity contribution in [3.8, 4) is 5.75 Å². The summed E-state index contributed by atoms with van der Waals surface area (Å²) in [5.74, 6) is -0.0207. The number of rotatable bonds is 5. The molecule has 3 nitrogen and oxygen atoms in total. The van der Waals surface area contributed by atoms with Crippen molar-refractivity contribution in [2.24, 2.45) is 0 Å². The fourth-order valence-corrected chi connectivity index (χ4v) is 1.27. The number of para-hydroxylation sites is 1. The maximum atomic E-state index is 10.4. The van der Waals surface area contributed by atoms with Crippen molar-refractivity contribution in [3.63, 3.8) is 0 Å². The van der Waals surface area contributed by atoms with Crippen molar-refractivity contribution in [2.75, 3.05) is 0 Å². The van der Waals surface area contributed by atoms with Crippen LogP contribution in [0.1, 0.15) is 26.7 Å². The van der Waals surface area contributed by atoms with Gasteiger partial charge in [0.15, 0.2) is 0 Å². The lowest BCUT2D eigenvalue weighted by atomic mass is 10.0. The Balaban J connectivity index is 2.52. The largest absolute Gasteiger partial charge is 0.488 e. The Hall–Kier alpha value is -1.51. The Morgan fingerprint density at radius 2 is 1.93 bits per heavy atom. The average Bonchev–Trinajstić information content (AvgIpc) is 2.16. The molecule has 1 aromatic rings. The SMILES string of the molecule is CC(C)(CCC(=O)O)Oc1ccccc1. The van der Waals surface area contributed by atoms with Gasteiger partial charge in [-0.1, -0.05) is 18.2 Å². The van der Waals surface area contributed by atoms with Crippen LogP contribution < -0.4 is 4.74 Å². The fraction of sp³-hybridized carbons (Fsp3) is 0.417. The summed E-state index contributed by atoms with van der Waals surface area (Å²) in [5, 5.41) is 8.59. The molecule has 1 aromatic carbocycles. The minimum atomic E-state index is -0.792. The number of hydrogen-bond acceptors (Lipinski definition) is 2. The van der Waals surface area contributed by atoms with Crippen molar-refractivity contribution >= 4 is 5.97 Å². The summed E-state index contributed by atoms with van der Waals surface area (Å²) in [6.07, 6.45) is 0.622. The van der Waals surface area contributed by atoms with Crippen LogP contribution in [0.5, 0.6) is 5.75 Å². The Bertz CT molecular complexity index is 317. The van der Waals surface area contributed by atoms with Gasteiger partial charge >= 0.3 is 5.97 Å². The summed E-state index contributed by atoms with van der Waals surface area (Å²) in [7, 11) is 0. The van der Waals surface area contributed by atoms with Crippen LogP contribution in [0, 0.1) is 0 Å². The third-order valence-corrected chi connectivity index (χ3v) is 2.08. The summed E-state index contributed by atoms with van der Waals surface area (Å²) in [4.78, 5) is 10.4. The topological polar surface area (TPSA) is 46.5 Å². The molecule has 0 radical (unpaired) electrons. The maximum absolute atomic E-state index is 10.4. The molecule has 3 heteroatoms. The second-order valence-electron chi connectivity index (χ2n) is 4.07. The number of hydrogen-bond donors (Lipinski definition) is 1. The minimum Gasteiger partial charge on any atom is -0.488 e. The standard InChI is InChI=1S/C12H16O3/c1-12(2,9-8-11(13)14)15-10-6-4-3-5-7-10/h3-7H,8-9H2,1-2H3,(H,13,14). The lowest BCUT2D eigenvalue weighted by Crippen LogP contribution is -2.28. The molecular weight excluding hydrogens is 192 g/mol. The van der Waals surface area contributed by atoms with Crippen LogP contribution in [0.4, 0.5) is 0 Å². The van der Waals surface area contributed by atoms with Gasteiger partial charge < -0.3 is 9.84 Å². The van der Waals surface area contributed by atoms with Crippen molar-refractivity contribution in [1.29, 1.82) is 0 Å². The molecule has 0 saturated heterocycles. The highest BCUT2D eigenvalue weighted by Crippen LogP contribution is 2.21. The van der Waals surface area contributed by atoms with E-state index in [0.29, 0.717) is 6.42 Å². The van der Waals surface area contributed by atoms with E-state index in [-0.39, 0.29) is 6.42 Å². The van der Waals surface area contributed by atoms with Crippen LogP contribution in [0.25, 0.3) is 0 Å². The third kappa shape index (κ3) is 4.49. The average molecular weight is 208 g/mol. The highest BCUT2D eigenvalue weighted by molar-refractivity contribution is 5.66. The zero-order valence-electron chi connectivity index (χ0n) is 9.06. The van der Waals surface area contributed by atoms with Crippen LogP contribution >= 0.6 is 0 Å². The molecule has 0 unspecified atom stereocenters. The van der Waals surface area contributed by atoms with Gasteiger partial charge in [-0.2, -0.15) is 0 Å². The molecule has 0 heterocycles. The van der Waals surface area contributed by atoms with E-state index in [4.69, 9.17) is 9.84 Å². The van der Waals surface area contributed by atoms with Gasteiger partial charge in [0.05, 0.1) is 0 Å². The first-order chi connectivity index (χ1) is 6.99. The molecule has 0 fully saturated rings. The zero-order chi connectivity index (χ0) is 11.3. The number of carbonyl (C=O) groups is 1. The summed E-state index contributed by atoms with van der Waals surface area (Å²) >= 11 is 0.